The Labute approximate surface area is 113 Å². The van der Waals surface area contributed by atoms with E-state index in [2.05, 4.69) is 28.1 Å². The van der Waals surface area contributed by atoms with Crippen LogP contribution in [0.25, 0.3) is 0 Å². The molecule has 1 heterocycles. The SMILES string of the molecule is CN(Cc1csc(Br)c1)S(=O)(=O)CC(N)=S. The molecule has 1 aromatic heterocycles. The minimum absolute atomic E-state index is 0.0154. The second-order valence-electron chi connectivity index (χ2n) is 3.24. The highest BCUT2D eigenvalue weighted by molar-refractivity contribution is 9.11. The summed E-state index contributed by atoms with van der Waals surface area (Å²) in [5.41, 5.74) is 6.17. The van der Waals surface area contributed by atoms with Crippen LogP contribution in [0, 0.1) is 0 Å². The van der Waals surface area contributed by atoms with Gasteiger partial charge in [0.05, 0.1) is 8.77 Å². The zero-order chi connectivity index (χ0) is 12.3. The number of rotatable bonds is 5. The molecule has 0 unspecified atom stereocenters. The van der Waals surface area contributed by atoms with Crippen LogP contribution in [-0.2, 0) is 16.6 Å². The molecule has 0 atom stereocenters. The summed E-state index contributed by atoms with van der Waals surface area (Å²) in [5, 5.41) is 1.90. The van der Waals surface area contributed by atoms with E-state index in [4.69, 9.17) is 5.73 Å². The van der Waals surface area contributed by atoms with Gasteiger partial charge in [-0.15, -0.1) is 11.3 Å². The van der Waals surface area contributed by atoms with Crippen LogP contribution in [0.1, 0.15) is 5.56 Å². The number of thiophene rings is 1. The van der Waals surface area contributed by atoms with Crippen LogP contribution in [0.3, 0.4) is 0 Å². The number of halogens is 1. The molecule has 0 saturated carbocycles. The van der Waals surface area contributed by atoms with E-state index in [0.717, 1.165) is 9.35 Å². The van der Waals surface area contributed by atoms with Gasteiger partial charge in [0.1, 0.15) is 5.75 Å². The van der Waals surface area contributed by atoms with Gasteiger partial charge in [0.15, 0.2) is 0 Å². The molecule has 90 valence electrons. The highest BCUT2D eigenvalue weighted by Gasteiger charge is 2.19. The molecule has 0 radical (unpaired) electrons. The van der Waals surface area contributed by atoms with Crippen LogP contribution >= 0.6 is 39.5 Å². The monoisotopic (exact) mass is 342 g/mol. The Morgan fingerprint density at radius 3 is 2.75 bits per heavy atom. The number of nitrogens with zero attached hydrogens (tertiary/aromatic N) is 1. The summed E-state index contributed by atoms with van der Waals surface area (Å²) in [6, 6.07) is 1.89. The smallest absolute Gasteiger partial charge is 0.220 e. The summed E-state index contributed by atoms with van der Waals surface area (Å²) in [6.07, 6.45) is 0. The van der Waals surface area contributed by atoms with Crippen molar-refractivity contribution in [1.29, 1.82) is 0 Å². The third-order valence-electron chi connectivity index (χ3n) is 1.83. The van der Waals surface area contributed by atoms with Crippen molar-refractivity contribution in [3.8, 4) is 0 Å². The quantitative estimate of drug-likeness (QED) is 0.824. The van der Waals surface area contributed by atoms with Crippen molar-refractivity contribution >= 4 is 54.5 Å². The van der Waals surface area contributed by atoms with E-state index in [9.17, 15) is 8.42 Å². The third kappa shape index (κ3) is 4.10. The van der Waals surface area contributed by atoms with Gasteiger partial charge >= 0.3 is 0 Å². The lowest BCUT2D eigenvalue weighted by Crippen LogP contribution is -2.33. The summed E-state index contributed by atoms with van der Waals surface area (Å²) in [7, 11) is -1.88. The van der Waals surface area contributed by atoms with E-state index in [1.807, 2.05) is 11.4 Å². The molecule has 0 fully saturated rings. The number of sulfonamides is 1. The molecule has 0 aliphatic rings. The first kappa shape index (κ1) is 14.0. The number of hydrogen-bond donors (Lipinski definition) is 1. The molecule has 1 rings (SSSR count). The Morgan fingerprint density at radius 1 is 1.69 bits per heavy atom. The van der Waals surface area contributed by atoms with Gasteiger partial charge in [-0.3, -0.25) is 0 Å². The highest BCUT2D eigenvalue weighted by Crippen LogP contribution is 2.22. The zero-order valence-electron chi connectivity index (χ0n) is 8.51. The van der Waals surface area contributed by atoms with E-state index in [1.165, 1.54) is 22.7 Å². The summed E-state index contributed by atoms with van der Waals surface area (Å²) in [4.78, 5) is -0.0154. The average Bonchev–Trinajstić information content (AvgIpc) is 2.48. The lowest BCUT2D eigenvalue weighted by atomic mass is 10.3. The van der Waals surface area contributed by atoms with Crippen molar-refractivity contribution in [2.24, 2.45) is 5.73 Å². The normalized spacial score (nSPS) is 11.9. The van der Waals surface area contributed by atoms with Crippen molar-refractivity contribution in [3.63, 3.8) is 0 Å². The van der Waals surface area contributed by atoms with E-state index in [-0.39, 0.29) is 10.7 Å². The summed E-state index contributed by atoms with van der Waals surface area (Å²) < 4.78 is 25.6. The molecular formula is C8H11BrN2O2S3. The van der Waals surface area contributed by atoms with E-state index < -0.39 is 10.0 Å². The molecule has 8 heteroatoms. The van der Waals surface area contributed by atoms with E-state index in [1.54, 1.807) is 0 Å². The van der Waals surface area contributed by atoms with Crippen molar-refractivity contribution < 1.29 is 8.42 Å². The minimum Gasteiger partial charge on any atom is -0.392 e. The molecule has 0 amide bonds. The molecule has 0 bridgehead atoms. The molecular weight excluding hydrogens is 332 g/mol. The van der Waals surface area contributed by atoms with Crippen molar-refractivity contribution in [3.05, 3.63) is 20.8 Å². The molecule has 4 nitrogen and oxygen atoms in total. The first-order valence-electron chi connectivity index (χ1n) is 4.26. The van der Waals surface area contributed by atoms with E-state index in [0.29, 0.717) is 6.54 Å². The molecule has 0 aromatic carbocycles. The molecule has 0 aliphatic carbocycles. The Bertz CT molecular complexity index is 483. The molecule has 0 aliphatic heterocycles. The fraction of sp³-hybridized carbons (Fsp3) is 0.375. The van der Waals surface area contributed by atoms with Gasteiger partial charge in [-0.1, -0.05) is 12.2 Å². The lowest BCUT2D eigenvalue weighted by molar-refractivity contribution is 0.471. The Morgan fingerprint density at radius 2 is 2.31 bits per heavy atom. The van der Waals surface area contributed by atoms with Crippen LogP contribution in [0.2, 0.25) is 0 Å². The number of nitrogens with two attached hydrogens (primary N) is 1. The number of thiocarbonyl (C=S) groups is 1. The molecule has 16 heavy (non-hydrogen) atoms. The summed E-state index contributed by atoms with van der Waals surface area (Å²) in [5.74, 6) is -0.288. The van der Waals surface area contributed by atoms with Gasteiger partial charge in [0.2, 0.25) is 10.0 Å². The fourth-order valence-electron chi connectivity index (χ4n) is 1.07. The summed E-state index contributed by atoms with van der Waals surface area (Å²) in [6.45, 7) is 0.326. The molecule has 2 N–H and O–H groups in total. The first-order chi connectivity index (χ1) is 7.31. The van der Waals surface area contributed by atoms with Gasteiger partial charge in [-0.25, -0.2) is 12.7 Å². The standard InChI is InChI=1S/C8H11BrN2O2S3/c1-11(16(12,13)5-8(10)14)3-6-2-7(9)15-4-6/h2,4H,3,5H2,1H3,(H2,10,14). The van der Waals surface area contributed by atoms with Gasteiger partial charge in [-0.05, 0) is 32.9 Å². The summed E-state index contributed by atoms with van der Waals surface area (Å²) >= 11 is 9.44. The molecule has 0 saturated heterocycles. The van der Waals surface area contributed by atoms with Crippen molar-refractivity contribution in [2.75, 3.05) is 12.8 Å². The van der Waals surface area contributed by atoms with Crippen LogP contribution in [0.15, 0.2) is 15.2 Å². The van der Waals surface area contributed by atoms with Crippen molar-refractivity contribution in [1.82, 2.24) is 4.31 Å². The second kappa shape index (κ2) is 5.54. The van der Waals surface area contributed by atoms with Crippen molar-refractivity contribution in [2.45, 2.75) is 6.54 Å². The Kier molecular flexibility index (Phi) is 4.87. The van der Waals surface area contributed by atoms with Gasteiger partial charge in [0.25, 0.3) is 0 Å². The van der Waals surface area contributed by atoms with Crippen LogP contribution in [0.4, 0.5) is 0 Å². The first-order valence-corrected chi connectivity index (χ1v) is 7.95. The molecule has 1 aromatic rings. The average molecular weight is 343 g/mol. The molecule has 0 spiro atoms. The highest BCUT2D eigenvalue weighted by atomic mass is 79.9. The largest absolute Gasteiger partial charge is 0.392 e. The Hall–Kier alpha value is -0.0200. The minimum atomic E-state index is -3.39. The number of hydrogen-bond acceptors (Lipinski definition) is 4. The predicted octanol–water partition coefficient (Wildman–Crippen LogP) is 1.56. The second-order valence-corrected chi connectivity index (χ2v) is 8.13. The maximum Gasteiger partial charge on any atom is 0.220 e. The fourth-order valence-corrected chi connectivity index (χ4v) is 3.65. The van der Waals surface area contributed by atoms with Gasteiger partial charge < -0.3 is 5.73 Å². The lowest BCUT2D eigenvalue weighted by Gasteiger charge is -2.15. The maximum atomic E-state index is 11.7. The maximum absolute atomic E-state index is 11.7. The topological polar surface area (TPSA) is 63.4 Å². The van der Waals surface area contributed by atoms with E-state index >= 15 is 0 Å². The van der Waals surface area contributed by atoms with Gasteiger partial charge in [0, 0.05) is 13.6 Å². The zero-order valence-corrected chi connectivity index (χ0v) is 12.5. The van der Waals surface area contributed by atoms with Gasteiger partial charge in [-0.2, -0.15) is 0 Å². The van der Waals surface area contributed by atoms with Crippen LogP contribution in [-0.4, -0.2) is 30.5 Å². The predicted molar refractivity (Wildman–Crippen MR) is 74.1 cm³/mol. The Balaban J connectivity index is 2.72. The third-order valence-corrected chi connectivity index (χ3v) is 5.46. The van der Waals surface area contributed by atoms with Crippen LogP contribution in [0.5, 0.6) is 0 Å². The van der Waals surface area contributed by atoms with Crippen LogP contribution < -0.4 is 5.73 Å².